The molecule has 0 bridgehead atoms. The summed E-state index contributed by atoms with van der Waals surface area (Å²) in [5.74, 6) is -0.357. The SMILES string of the molecule is CC(C)(C)CC(C)(C)NC(=O)c1cc(S(=O)(=O)N2CCCCC2)ccc1Cl. The molecule has 5 nitrogen and oxygen atoms in total. The Kier molecular flexibility index (Phi) is 6.65. The Balaban J connectivity index is 2.27. The summed E-state index contributed by atoms with van der Waals surface area (Å²) in [6.07, 6.45) is 3.54. The number of halogens is 1. The minimum absolute atomic E-state index is 0.0417. The molecule has 1 fully saturated rings. The lowest BCUT2D eigenvalue weighted by molar-refractivity contribution is 0.0891. The van der Waals surface area contributed by atoms with Gasteiger partial charge in [0.25, 0.3) is 5.91 Å². The minimum Gasteiger partial charge on any atom is -0.347 e. The minimum atomic E-state index is -3.61. The fourth-order valence-electron chi connectivity index (χ4n) is 3.84. The second-order valence-corrected chi connectivity index (χ2v) is 11.5. The zero-order chi connectivity index (χ0) is 20.5. The van der Waals surface area contributed by atoms with Crippen LogP contribution in [0.5, 0.6) is 0 Å². The molecular weight excluding hydrogens is 384 g/mol. The standard InChI is InChI=1S/C20H31ClN2O3S/c1-19(2,3)14-20(4,5)22-18(24)16-13-15(9-10-17(16)21)27(25,26)23-11-7-6-8-12-23/h9-10,13H,6-8,11-12,14H2,1-5H3,(H,22,24). The van der Waals surface area contributed by atoms with Crippen LogP contribution in [-0.4, -0.2) is 37.3 Å². The van der Waals surface area contributed by atoms with Gasteiger partial charge in [-0.05, 0) is 56.7 Å². The van der Waals surface area contributed by atoms with Gasteiger partial charge in [0.05, 0.1) is 15.5 Å². The highest BCUT2D eigenvalue weighted by molar-refractivity contribution is 7.89. The molecule has 7 heteroatoms. The van der Waals surface area contributed by atoms with Crippen molar-refractivity contribution < 1.29 is 13.2 Å². The largest absolute Gasteiger partial charge is 0.347 e. The van der Waals surface area contributed by atoms with E-state index >= 15 is 0 Å². The van der Waals surface area contributed by atoms with Crippen LogP contribution in [0.15, 0.2) is 23.1 Å². The van der Waals surface area contributed by atoms with Crippen LogP contribution < -0.4 is 5.32 Å². The summed E-state index contributed by atoms with van der Waals surface area (Å²) in [6, 6.07) is 4.36. The van der Waals surface area contributed by atoms with Crippen molar-refractivity contribution in [1.82, 2.24) is 9.62 Å². The third-order valence-corrected chi connectivity index (χ3v) is 6.78. The number of rotatable bonds is 5. The van der Waals surface area contributed by atoms with Gasteiger partial charge in [-0.2, -0.15) is 4.31 Å². The second-order valence-electron chi connectivity index (χ2n) is 9.18. The normalized spacial score (nSPS) is 17.0. The van der Waals surface area contributed by atoms with Crippen molar-refractivity contribution in [3.8, 4) is 0 Å². The van der Waals surface area contributed by atoms with Crippen molar-refractivity contribution in [3.63, 3.8) is 0 Å². The van der Waals surface area contributed by atoms with Gasteiger partial charge in [0.15, 0.2) is 0 Å². The molecule has 152 valence electrons. The molecule has 1 saturated heterocycles. The average molecular weight is 415 g/mol. The maximum atomic E-state index is 12.9. The molecule has 0 aromatic heterocycles. The topological polar surface area (TPSA) is 66.5 Å². The van der Waals surface area contributed by atoms with Gasteiger partial charge >= 0.3 is 0 Å². The molecule has 0 aliphatic carbocycles. The number of hydrogen-bond acceptors (Lipinski definition) is 3. The zero-order valence-electron chi connectivity index (χ0n) is 16.9. The summed E-state index contributed by atoms with van der Waals surface area (Å²) < 4.78 is 27.3. The summed E-state index contributed by atoms with van der Waals surface area (Å²) >= 11 is 6.22. The van der Waals surface area contributed by atoms with Gasteiger partial charge in [-0.25, -0.2) is 8.42 Å². The first-order valence-corrected chi connectivity index (χ1v) is 11.3. The maximum Gasteiger partial charge on any atom is 0.253 e. The quantitative estimate of drug-likeness (QED) is 0.773. The summed E-state index contributed by atoms with van der Waals surface area (Å²) in [4.78, 5) is 12.9. The molecule has 1 aliphatic rings. The summed E-state index contributed by atoms with van der Waals surface area (Å²) in [5.41, 5.74) is -0.211. The number of sulfonamides is 1. The van der Waals surface area contributed by atoms with Gasteiger partial charge in [-0.15, -0.1) is 0 Å². The van der Waals surface area contributed by atoms with E-state index in [-0.39, 0.29) is 26.8 Å². The molecule has 0 saturated carbocycles. The molecule has 0 spiro atoms. The second kappa shape index (κ2) is 8.10. The van der Waals surface area contributed by atoms with Gasteiger partial charge in [0, 0.05) is 18.6 Å². The van der Waals surface area contributed by atoms with Gasteiger partial charge < -0.3 is 5.32 Å². The Hall–Kier alpha value is -1.11. The summed E-state index contributed by atoms with van der Waals surface area (Å²) in [7, 11) is -3.61. The molecule has 1 aromatic carbocycles. The first-order valence-electron chi connectivity index (χ1n) is 9.44. The van der Waals surface area contributed by atoms with E-state index in [1.807, 2.05) is 13.8 Å². The van der Waals surface area contributed by atoms with Crippen molar-refractivity contribution in [2.45, 2.75) is 70.7 Å². The zero-order valence-corrected chi connectivity index (χ0v) is 18.5. The molecule has 0 unspecified atom stereocenters. The van der Waals surface area contributed by atoms with E-state index < -0.39 is 15.6 Å². The number of piperidine rings is 1. The van der Waals surface area contributed by atoms with Crippen molar-refractivity contribution in [3.05, 3.63) is 28.8 Å². The Bertz CT molecular complexity index is 792. The summed E-state index contributed by atoms with van der Waals surface area (Å²) in [6.45, 7) is 11.3. The van der Waals surface area contributed by atoms with Crippen LogP contribution >= 0.6 is 11.6 Å². The van der Waals surface area contributed by atoms with Gasteiger partial charge in [-0.3, -0.25) is 4.79 Å². The van der Waals surface area contributed by atoms with Crippen LogP contribution in [0.4, 0.5) is 0 Å². The van der Waals surface area contributed by atoms with Crippen LogP contribution in [0.2, 0.25) is 5.02 Å². The number of carbonyl (C=O) groups is 1. The predicted molar refractivity (Wildman–Crippen MR) is 110 cm³/mol. The molecule has 1 amide bonds. The first-order chi connectivity index (χ1) is 12.3. The van der Waals surface area contributed by atoms with Gasteiger partial charge in [0.1, 0.15) is 0 Å². The Morgan fingerprint density at radius 2 is 1.70 bits per heavy atom. The van der Waals surface area contributed by atoms with Crippen molar-refractivity contribution >= 4 is 27.5 Å². The third kappa shape index (κ3) is 5.93. The molecule has 1 heterocycles. The van der Waals surface area contributed by atoms with Crippen LogP contribution in [0, 0.1) is 5.41 Å². The molecule has 2 rings (SSSR count). The number of carbonyl (C=O) groups excluding carboxylic acids is 1. The Morgan fingerprint density at radius 3 is 2.26 bits per heavy atom. The maximum absolute atomic E-state index is 12.9. The van der Waals surface area contributed by atoms with Crippen LogP contribution in [0.3, 0.4) is 0 Å². The predicted octanol–water partition coefficient (Wildman–Crippen LogP) is 4.46. The number of nitrogens with zero attached hydrogens (tertiary/aromatic N) is 1. The number of amides is 1. The fourth-order valence-corrected chi connectivity index (χ4v) is 5.59. The summed E-state index contributed by atoms with van der Waals surface area (Å²) in [5, 5.41) is 3.24. The third-order valence-electron chi connectivity index (χ3n) is 4.56. The lowest BCUT2D eigenvalue weighted by Gasteiger charge is -2.33. The smallest absolute Gasteiger partial charge is 0.253 e. The van der Waals surface area contributed by atoms with E-state index in [9.17, 15) is 13.2 Å². The first kappa shape index (κ1) is 22.2. The van der Waals surface area contributed by atoms with Crippen LogP contribution in [0.1, 0.15) is 70.7 Å². The van der Waals surface area contributed by atoms with E-state index in [1.54, 1.807) is 0 Å². The molecule has 1 aromatic rings. The molecule has 27 heavy (non-hydrogen) atoms. The van der Waals surface area contributed by atoms with Crippen molar-refractivity contribution in [2.24, 2.45) is 5.41 Å². The number of benzene rings is 1. The van der Waals surface area contributed by atoms with Crippen molar-refractivity contribution in [1.29, 1.82) is 0 Å². The Labute approximate surface area is 168 Å². The van der Waals surface area contributed by atoms with Crippen LogP contribution in [0.25, 0.3) is 0 Å². The van der Waals surface area contributed by atoms with E-state index in [4.69, 9.17) is 11.6 Å². The molecule has 1 aliphatic heterocycles. The molecular formula is C20H31ClN2O3S. The Morgan fingerprint density at radius 1 is 1.11 bits per heavy atom. The van der Waals surface area contributed by atoms with Crippen LogP contribution in [-0.2, 0) is 10.0 Å². The van der Waals surface area contributed by atoms with E-state index in [0.29, 0.717) is 13.1 Å². The van der Waals surface area contributed by atoms with E-state index in [2.05, 4.69) is 26.1 Å². The molecule has 0 radical (unpaired) electrons. The molecule has 1 N–H and O–H groups in total. The van der Waals surface area contributed by atoms with Crippen molar-refractivity contribution in [2.75, 3.05) is 13.1 Å². The number of hydrogen-bond donors (Lipinski definition) is 1. The lowest BCUT2D eigenvalue weighted by atomic mass is 9.81. The fraction of sp³-hybridized carbons (Fsp3) is 0.650. The van der Waals surface area contributed by atoms with E-state index in [0.717, 1.165) is 25.7 Å². The van der Waals surface area contributed by atoms with E-state index in [1.165, 1.54) is 22.5 Å². The number of nitrogens with one attached hydrogen (secondary N) is 1. The monoisotopic (exact) mass is 414 g/mol. The molecule has 0 atom stereocenters. The highest BCUT2D eigenvalue weighted by Crippen LogP contribution is 2.29. The highest BCUT2D eigenvalue weighted by atomic mass is 35.5. The lowest BCUT2D eigenvalue weighted by Crippen LogP contribution is -2.46. The average Bonchev–Trinajstić information content (AvgIpc) is 2.53. The van der Waals surface area contributed by atoms with Gasteiger partial charge in [-0.1, -0.05) is 38.8 Å². The highest BCUT2D eigenvalue weighted by Gasteiger charge is 2.30. The van der Waals surface area contributed by atoms with Gasteiger partial charge in [0.2, 0.25) is 10.0 Å².